The standard InChI is InChI=1S/C9H11Cl2NO2/c10-7-2-3-9(8(11)6-7)13-4-1-5-14-12/h2-3,6H,1,4-5,12H2. The summed E-state index contributed by atoms with van der Waals surface area (Å²) in [5, 5.41) is 1.10. The lowest BCUT2D eigenvalue weighted by molar-refractivity contribution is 0.122. The maximum atomic E-state index is 5.88. The number of nitrogens with two attached hydrogens (primary N) is 1. The fraction of sp³-hybridized carbons (Fsp3) is 0.333. The molecule has 1 rings (SSSR count). The third-order valence-electron chi connectivity index (χ3n) is 1.56. The Morgan fingerprint density at radius 1 is 1.21 bits per heavy atom. The first-order valence-electron chi connectivity index (χ1n) is 4.13. The predicted molar refractivity (Wildman–Crippen MR) is 56.7 cm³/mol. The van der Waals surface area contributed by atoms with E-state index in [2.05, 4.69) is 4.84 Å². The quantitative estimate of drug-likeness (QED) is 0.631. The van der Waals surface area contributed by atoms with Crippen LogP contribution < -0.4 is 10.6 Å². The zero-order valence-electron chi connectivity index (χ0n) is 7.50. The van der Waals surface area contributed by atoms with E-state index in [4.69, 9.17) is 33.8 Å². The van der Waals surface area contributed by atoms with Crippen molar-refractivity contribution in [2.24, 2.45) is 5.90 Å². The molecule has 0 heterocycles. The molecule has 2 N–H and O–H groups in total. The van der Waals surface area contributed by atoms with E-state index in [9.17, 15) is 0 Å². The van der Waals surface area contributed by atoms with Gasteiger partial charge in [0.05, 0.1) is 18.2 Å². The van der Waals surface area contributed by atoms with Gasteiger partial charge in [-0.25, -0.2) is 5.90 Å². The van der Waals surface area contributed by atoms with Crippen molar-refractivity contribution < 1.29 is 9.57 Å². The van der Waals surface area contributed by atoms with Crippen LogP contribution in [0, 0.1) is 0 Å². The van der Waals surface area contributed by atoms with Gasteiger partial charge in [0.25, 0.3) is 0 Å². The van der Waals surface area contributed by atoms with Crippen molar-refractivity contribution >= 4 is 23.2 Å². The fourth-order valence-electron chi connectivity index (χ4n) is 0.917. The molecule has 0 radical (unpaired) electrons. The van der Waals surface area contributed by atoms with Crippen LogP contribution in [0.5, 0.6) is 5.75 Å². The summed E-state index contributed by atoms with van der Waals surface area (Å²) < 4.78 is 5.37. The minimum Gasteiger partial charge on any atom is -0.492 e. The summed E-state index contributed by atoms with van der Waals surface area (Å²) in [4.78, 5) is 4.40. The molecule has 3 nitrogen and oxygen atoms in total. The average Bonchev–Trinajstić information content (AvgIpc) is 2.15. The Balaban J connectivity index is 2.42. The summed E-state index contributed by atoms with van der Waals surface area (Å²) in [7, 11) is 0. The van der Waals surface area contributed by atoms with Crippen molar-refractivity contribution in [2.75, 3.05) is 13.2 Å². The normalized spacial score (nSPS) is 10.2. The van der Waals surface area contributed by atoms with E-state index in [1.165, 1.54) is 0 Å². The molecular formula is C9H11Cl2NO2. The molecule has 1 aromatic carbocycles. The molecule has 0 fully saturated rings. The first-order chi connectivity index (χ1) is 6.74. The number of halogens is 2. The number of hydrogen-bond acceptors (Lipinski definition) is 3. The van der Waals surface area contributed by atoms with Crippen molar-refractivity contribution in [1.29, 1.82) is 0 Å². The van der Waals surface area contributed by atoms with Gasteiger partial charge in [0.1, 0.15) is 5.75 Å². The Hall–Kier alpha value is -0.480. The molecule has 0 atom stereocenters. The number of hydrogen-bond donors (Lipinski definition) is 1. The van der Waals surface area contributed by atoms with Gasteiger partial charge >= 0.3 is 0 Å². The van der Waals surface area contributed by atoms with Crippen LogP contribution in [0.25, 0.3) is 0 Å². The molecular weight excluding hydrogens is 225 g/mol. The third-order valence-corrected chi connectivity index (χ3v) is 2.09. The molecule has 0 unspecified atom stereocenters. The smallest absolute Gasteiger partial charge is 0.137 e. The molecule has 0 bridgehead atoms. The van der Waals surface area contributed by atoms with E-state index >= 15 is 0 Å². The monoisotopic (exact) mass is 235 g/mol. The molecule has 0 aliphatic rings. The van der Waals surface area contributed by atoms with Gasteiger partial charge in [-0.05, 0) is 18.2 Å². The van der Waals surface area contributed by atoms with Gasteiger partial charge in [0, 0.05) is 11.4 Å². The van der Waals surface area contributed by atoms with Gasteiger partial charge in [-0.2, -0.15) is 0 Å². The Kier molecular flexibility index (Phi) is 5.04. The number of rotatable bonds is 5. The van der Waals surface area contributed by atoms with Crippen molar-refractivity contribution in [3.63, 3.8) is 0 Å². The summed E-state index contributed by atoms with van der Waals surface area (Å²) in [6.45, 7) is 0.976. The molecule has 0 spiro atoms. The van der Waals surface area contributed by atoms with Crippen molar-refractivity contribution in [2.45, 2.75) is 6.42 Å². The fourth-order valence-corrected chi connectivity index (χ4v) is 1.38. The van der Waals surface area contributed by atoms with Gasteiger partial charge in [-0.1, -0.05) is 23.2 Å². The maximum absolute atomic E-state index is 5.88. The Labute approximate surface area is 92.7 Å². The molecule has 14 heavy (non-hydrogen) atoms. The first-order valence-corrected chi connectivity index (χ1v) is 4.89. The largest absolute Gasteiger partial charge is 0.492 e. The zero-order valence-corrected chi connectivity index (χ0v) is 9.02. The molecule has 5 heteroatoms. The molecule has 0 saturated carbocycles. The van der Waals surface area contributed by atoms with Crippen LogP contribution in [-0.2, 0) is 4.84 Å². The highest BCUT2D eigenvalue weighted by Gasteiger charge is 2.01. The maximum Gasteiger partial charge on any atom is 0.137 e. The van der Waals surface area contributed by atoms with Crippen LogP contribution in [0.2, 0.25) is 10.0 Å². The van der Waals surface area contributed by atoms with Crippen LogP contribution in [0.1, 0.15) is 6.42 Å². The van der Waals surface area contributed by atoms with Crippen LogP contribution in [0.3, 0.4) is 0 Å². The van der Waals surface area contributed by atoms with Crippen molar-refractivity contribution in [3.8, 4) is 5.75 Å². The van der Waals surface area contributed by atoms with E-state index in [1.807, 2.05) is 0 Å². The highest BCUT2D eigenvalue weighted by molar-refractivity contribution is 6.35. The third kappa shape index (κ3) is 3.72. The Bertz CT molecular complexity index is 294. The lowest BCUT2D eigenvalue weighted by Gasteiger charge is -2.07. The highest BCUT2D eigenvalue weighted by atomic mass is 35.5. The summed E-state index contributed by atoms with van der Waals surface area (Å²) in [6, 6.07) is 5.09. The van der Waals surface area contributed by atoms with E-state index in [0.29, 0.717) is 29.0 Å². The summed E-state index contributed by atoms with van der Waals surface area (Å²) >= 11 is 11.6. The number of ether oxygens (including phenoxy) is 1. The van der Waals surface area contributed by atoms with Crippen LogP contribution in [-0.4, -0.2) is 13.2 Å². The van der Waals surface area contributed by atoms with Crippen LogP contribution >= 0.6 is 23.2 Å². The molecule has 0 saturated heterocycles. The minimum absolute atomic E-state index is 0.464. The lowest BCUT2D eigenvalue weighted by Crippen LogP contribution is -2.06. The van der Waals surface area contributed by atoms with Gasteiger partial charge in [0.2, 0.25) is 0 Å². The average molecular weight is 236 g/mol. The minimum atomic E-state index is 0.464. The van der Waals surface area contributed by atoms with Gasteiger partial charge < -0.3 is 9.57 Å². The molecule has 0 aromatic heterocycles. The van der Waals surface area contributed by atoms with Crippen LogP contribution in [0.15, 0.2) is 18.2 Å². The lowest BCUT2D eigenvalue weighted by atomic mass is 10.3. The molecule has 0 aliphatic heterocycles. The molecule has 0 amide bonds. The predicted octanol–water partition coefficient (Wildman–Crippen LogP) is 2.65. The van der Waals surface area contributed by atoms with E-state index in [1.54, 1.807) is 18.2 Å². The second-order valence-corrected chi connectivity index (χ2v) is 3.49. The zero-order chi connectivity index (χ0) is 10.4. The topological polar surface area (TPSA) is 44.5 Å². The summed E-state index contributed by atoms with van der Waals surface area (Å²) in [5.74, 6) is 5.48. The SMILES string of the molecule is NOCCCOc1ccc(Cl)cc1Cl. The first kappa shape index (κ1) is 11.6. The van der Waals surface area contributed by atoms with Crippen molar-refractivity contribution in [1.82, 2.24) is 0 Å². The highest BCUT2D eigenvalue weighted by Crippen LogP contribution is 2.27. The summed E-state index contributed by atoms with van der Waals surface area (Å²) in [6.07, 6.45) is 0.718. The van der Waals surface area contributed by atoms with E-state index < -0.39 is 0 Å². The molecule has 78 valence electrons. The van der Waals surface area contributed by atoms with Gasteiger partial charge in [-0.15, -0.1) is 0 Å². The van der Waals surface area contributed by atoms with Crippen molar-refractivity contribution in [3.05, 3.63) is 28.2 Å². The second kappa shape index (κ2) is 6.09. The molecule has 0 aliphatic carbocycles. The number of benzene rings is 1. The Morgan fingerprint density at radius 2 is 2.00 bits per heavy atom. The Morgan fingerprint density at radius 3 is 2.64 bits per heavy atom. The molecule has 1 aromatic rings. The second-order valence-electron chi connectivity index (χ2n) is 2.65. The van der Waals surface area contributed by atoms with E-state index in [-0.39, 0.29) is 0 Å². The van der Waals surface area contributed by atoms with E-state index in [0.717, 1.165) is 6.42 Å². The van der Waals surface area contributed by atoms with Gasteiger partial charge in [0.15, 0.2) is 0 Å². The summed E-state index contributed by atoms with van der Waals surface area (Å²) in [5.41, 5.74) is 0. The van der Waals surface area contributed by atoms with Crippen LogP contribution in [0.4, 0.5) is 0 Å². The van der Waals surface area contributed by atoms with Gasteiger partial charge in [-0.3, -0.25) is 0 Å².